The molecule has 2 amide bonds. The van der Waals surface area contributed by atoms with E-state index in [1.165, 1.54) is 12.3 Å². The van der Waals surface area contributed by atoms with Gasteiger partial charge in [-0.25, -0.2) is 0 Å². The van der Waals surface area contributed by atoms with E-state index in [4.69, 9.17) is 16.3 Å². The summed E-state index contributed by atoms with van der Waals surface area (Å²) >= 11 is 5.85. The van der Waals surface area contributed by atoms with Gasteiger partial charge in [-0.3, -0.25) is 14.6 Å². The van der Waals surface area contributed by atoms with Gasteiger partial charge in [-0.2, -0.15) is 0 Å². The largest absolute Gasteiger partial charge is 0.497 e. The fourth-order valence-electron chi connectivity index (χ4n) is 2.48. The van der Waals surface area contributed by atoms with Gasteiger partial charge in [-0.1, -0.05) is 29.8 Å². The molecule has 28 heavy (non-hydrogen) atoms. The van der Waals surface area contributed by atoms with Crippen LogP contribution < -0.4 is 15.4 Å². The summed E-state index contributed by atoms with van der Waals surface area (Å²) in [4.78, 5) is 28.9. The predicted molar refractivity (Wildman–Crippen MR) is 108 cm³/mol. The van der Waals surface area contributed by atoms with Crippen molar-refractivity contribution in [3.05, 3.63) is 88.7 Å². The molecule has 0 radical (unpaired) electrons. The van der Waals surface area contributed by atoms with Crippen LogP contribution in [-0.2, 0) is 6.54 Å². The van der Waals surface area contributed by atoms with Gasteiger partial charge >= 0.3 is 0 Å². The van der Waals surface area contributed by atoms with Gasteiger partial charge in [-0.05, 0) is 42.0 Å². The molecule has 0 bridgehead atoms. The van der Waals surface area contributed by atoms with E-state index in [0.717, 1.165) is 5.56 Å². The number of aromatic nitrogens is 1. The lowest BCUT2D eigenvalue weighted by Gasteiger charge is -2.08. The second-order valence-electron chi connectivity index (χ2n) is 5.92. The van der Waals surface area contributed by atoms with Gasteiger partial charge < -0.3 is 15.4 Å². The summed E-state index contributed by atoms with van der Waals surface area (Å²) in [5, 5.41) is 6.18. The maximum atomic E-state index is 12.5. The molecule has 1 aromatic heterocycles. The third-order valence-electron chi connectivity index (χ3n) is 3.95. The minimum absolute atomic E-state index is 0.159. The summed E-state index contributed by atoms with van der Waals surface area (Å²) in [6.45, 7) is 0.331. The van der Waals surface area contributed by atoms with E-state index < -0.39 is 0 Å². The molecule has 0 spiro atoms. The molecule has 0 saturated heterocycles. The highest BCUT2D eigenvalue weighted by molar-refractivity contribution is 6.30. The van der Waals surface area contributed by atoms with Crippen molar-refractivity contribution in [3.8, 4) is 5.75 Å². The van der Waals surface area contributed by atoms with Gasteiger partial charge in [0.1, 0.15) is 11.4 Å². The maximum Gasteiger partial charge on any atom is 0.270 e. The summed E-state index contributed by atoms with van der Waals surface area (Å²) in [5.41, 5.74) is 1.99. The molecular weight excluding hydrogens is 378 g/mol. The Hall–Kier alpha value is -3.38. The fourth-order valence-corrected chi connectivity index (χ4v) is 2.60. The lowest BCUT2D eigenvalue weighted by Crippen LogP contribution is -2.24. The highest BCUT2D eigenvalue weighted by Gasteiger charge is 2.12. The predicted octanol–water partition coefficient (Wildman–Crippen LogP) is 3.93. The molecule has 0 atom stereocenters. The highest BCUT2D eigenvalue weighted by atomic mass is 35.5. The van der Waals surface area contributed by atoms with E-state index in [-0.39, 0.29) is 17.5 Å². The van der Waals surface area contributed by atoms with Crippen LogP contribution >= 0.6 is 11.6 Å². The number of halogens is 1. The summed E-state index contributed by atoms with van der Waals surface area (Å²) in [5.74, 6) is -0.0804. The molecule has 142 valence electrons. The van der Waals surface area contributed by atoms with Crippen molar-refractivity contribution in [2.45, 2.75) is 6.54 Å². The number of methoxy groups -OCH3 is 1. The van der Waals surface area contributed by atoms with Crippen molar-refractivity contribution in [2.24, 2.45) is 0 Å². The Morgan fingerprint density at radius 2 is 1.82 bits per heavy atom. The monoisotopic (exact) mass is 395 g/mol. The normalized spacial score (nSPS) is 10.2. The summed E-state index contributed by atoms with van der Waals surface area (Å²) < 4.78 is 5.14. The van der Waals surface area contributed by atoms with Crippen LogP contribution in [0.2, 0.25) is 5.02 Å². The zero-order valence-electron chi connectivity index (χ0n) is 15.1. The molecule has 7 heteroatoms. The average Bonchev–Trinajstić information content (AvgIpc) is 2.73. The van der Waals surface area contributed by atoms with Crippen LogP contribution in [0.1, 0.15) is 26.4 Å². The van der Waals surface area contributed by atoms with Crippen LogP contribution in [0, 0.1) is 0 Å². The number of carbonyl (C=O) groups is 2. The molecule has 0 unspecified atom stereocenters. The molecule has 0 saturated carbocycles. The van der Waals surface area contributed by atoms with Crippen molar-refractivity contribution in [1.82, 2.24) is 10.3 Å². The number of rotatable bonds is 6. The highest BCUT2D eigenvalue weighted by Crippen LogP contribution is 2.17. The van der Waals surface area contributed by atoms with Crippen LogP contribution in [0.5, 0.6) is 5.75 Å². The molecule has 2 aromatic carbocycles. The fraction of sp³-hybridized carbons (Fsp3) is 0.0952. The number of pyridine rings is 1. The van der Waals surface area contributed by atoms with E-state index in [1.54, 1.807) is 49.6 Å². The minimum Gasteiger partial charge on any atom is -0.497 e. The van der Waals surface area contributed by atoms with E-state index in [2.05, 4.69) is 15.6 Å². The van der Waals surface area contributed by atoms with Gasteiger partial charge in [0.25, 0.3) is 11.8 Å². The lowest BCUT2D eigenvalue weighted by atomic mass is 10.2. The quantitative estimate of drug-likeness (QED) is 0.662. The number of anilines is 1. The number of hydrogen-bond donors (Lipinski definition) is 2. The van der Waals surface area contributed by atoms with E-state index in [1.807, 2.05) is 12.1 Å². The summed E-state index contributed by atoms with van der Waals surface area (Å²) in [7, 11) is 1.55. The van der Waals surface area contributed by atoms with Gasteiger partial charge in [0.15, 0.2) is 0 Å². The van der Waals surface area contributed by atoms with Crippen LogP contribution in [0.3, 0.4) is 0 Å². The summed E-state index contributed by atoms with van der Waals surface area (Å²) in [6, 6.07) is 17.2. The smallest absolute Gasteiger partial charge is 0.270 e. The first-order chi connectivity index (χ1) is 13.5. The van der Waals surface area contributed by atoms with Crippen molar-refractivity contribution < 1.29 is 14.3 Å². The van der Waals surface area contributed by atoms with Crippen molar-refractivity contribution in [3.63, 3.8) is 0 Å². The molecule has 3 aromatic rings. The van der Waals surface area contributed by atoms with E-state index in [9.17, 15) is 9.59 Å². The Balaban J connectivity index is 1.65. The SMILES string of the molecule is COc1cccc(NC(=O)c2ccnc(C(=O)NCc3ccc(Cl)cc3)c2)c1. The zero-order valence-corrected chi connectivity index (χ0v) is 15.9. The topological polar surface area (TPSA) is 80.3 Å². The Labute approximate surface area is 167 Å². The van der Waals surface area contributed by atoms with Crippen molar-refractivity contribution >= 4 is 29.1 Å². The Bertz CT molecular complexity index is 990. The molecule has 0 aliphatic heterocycles. The number of hydrogen-bond acceptors (Lipinski definition) is 4. The maximum absolute atomic E-state index is 12.5. The van der Waals surface area contributed by atoms with Gasteiger partial charge in [-0.15, -0.1) is 0 Å². The molecule has 0 fully saturated rings. The Morgan fingerprint density at radius 1 is 1.04 bits per heavy atom. The number of nitrogens with one attached hydrogen (secondary N) is 2. The molecule has 6 nitrogen and oxygen atoms in total. The van der Waals surface area contributed by atoms with E-state index >= 15 is 0 Å². The number of carbonyl (C=O) groups excluding carboxylic acids is 2. The number of ether oxygens (including phenoxy) is 1. The van der Waals surface area contributed by atoms with Crippen molar-refractivity contribution in [2.75, 3.05) is 12.4 Å². The van der Waals surface area contributed by atoms with E-state index in [0.29, 0.717) is 28.6 Å². The zero-order chi connectivity index (χ0) is 19.9. The molecule has 2 N–H and O–H groups in total. The van der Waals surface area contributed by atoms with Crippen molar-refractivity contribution in [1.29, 1.82) is 0 Å². The lowest BCUT2D eigenvalue weighted by molar-refractivity contribution is 0.0946. The Morgan fingerprint density at radius 3 is 2.57 bits per heavy atom. The minimum atomic E-state index is -0.369. The number of benzene rings is 2. The second-order valence-corrected chi connectivity index (χ2v) is 6.36. The average molecular weight is 396 g/mol. The third-order valence-corrected chi connectivity index (χ3v) is 4.20. The standard InChI is InChI=1S/C21H18ClN3O3/c1-28-18-4-2-3-17(12-18)25-20(26)15-9-10-23-19(11-15)21(27)24-13-14-5-7-16(22)8-6-14/h2-12H,13H2,1H3,(H,24,27)(H,25,26). The number of nitrogens with zero attached hydrogens (tertiary/aromatic N) is 1. The molecule has 3 rings (SSSR count). The third kappa shape index (κ3) is 5.08. The first-order valence-electron chi connectivity index (χ1n) is 8.49. The van der Waals surface area contributed by atoms with Crippen LogP contribution in [0.25, 0.3) is 0 Å². The molecule has 0 aliphatic carbocycles. The first kappa shape index (κ1) is 19.4. The molecule has 0 aliphatic rings. The molecule has 1 heterocycles. The van der Waals surface area contributed by atoms with Crippen LogP contribution in [0.4, 0.5) is 5.69 Å². The number of amides is 2. The van der Waals surface area contributed by atoms with Crippen LogP contribution in [0.15, 0.2) is 66.9 Å². The van der Waals surface area contributed by atoms with Crippen LogP contribution in [-0.4, -0.2) is 23.9 Å². The van der Waals surface area contributed by atoms with Gasteiger partial charge in [0, 0.05) is 35.1 Å². The van der Waals surface area contributed by atoms with Gasteiger partial charge in [0.2, 0.25) is 0 Å². The first-order valence-corrected chi connectivity index (χ1v) is 8.87. The summed E-state index contributed by atoms with van der Waals surface area (Å²) in [6.07, 6.45) is 1.43. The molecular formula is C21H18ClN3O3. The van der Waals surface area contributed by atoms with Gasteiger partial charge in [0.05, 0.1) is 7.11 Å². The second kappa shape index (κ2) is 9.01. The Kier molecular flexibility index (Phi) is 6.24.